The molecule has 1 aliphatic carbocycles. The van der Waals surface area contributed by atoms with Crippen molar-refractivity contribution >= 4 is 16.7 Å². The molecule has 1 aliphatic rings. The second kappa shape index (κ2) is 7.16. The van der Waals surface area contributed by atoms with Crippen molar-refractivity contribution in [2.75, 3.05) is 0 Å². The number of aryl methyl sites for hydroxylation is 1. The van der Waals surface area contributed by atoms with Gasteiger partial charge in [-0.05, 0) is 49.4 Å². The van der Waals surface area contributed by atoms with Crippen LogP contribution in [0.15, 0.2) is 48.8 Å². The first-order valence-corrected chi connectivity index (χ1v) is 9.55. The molecule has 1 saturated carbocycles. The smallest absolute Gasteiger partial charge is 0.354 e. The number of nitrogens with zero attached hydrogens (tertiary/aromatic N) is 2. The van der Waals surface area contributed by atoms with E-state index in [4.69, 9.17) is 0 Å². The van der Waals surface area contributed by atoms with Crippen molar-refractivity contribution in [3.63, 3.8) is 0 Å². The molecule has 3 aromatic rings. The van der Waals surface area contributed by atoms with Gasteiger partial charge in [0.15, 0.2) is 0 Å². The molecule has 1 heterocycles. The minimum Gasteiger partial charge on any atom is -0.477 e. The Hall–Kier alpha value is -2.66. The van der Waals surface area contributed by atoms with E-state index in [2.05, 4.69) is 59.7 Å². The van der Waals surface area contributed by atoms with E-state index in [0.717, 1.165) is 19.3 Å². The van der Waals surface area contributed by atoms with Crippen LogP contribution in [0, 0.1) is 6.92 Å². The monoisotopic (exact) mass is 363 g/mol. The molecule has 2 unspecified atom stereocenters. The van der Waals surface area contributed by atoms with Gasteiger partial charge in [-0.15, -0.1) is 0 Å². The first kappa shape index (κ1) is 17.7. The lowest BCUT2D eigenvalue weighted by Gasteiger charge is -2.22. The summed E-state index contributed by atoms with van der Waals surface area (Å²) in [5, 5.41) is 15.8. The SMILES string of the molecule is Cc1ncn(C2CCC(N[C@H](C)c3cccc4ccccc34)C2)c1C(=O)O. The fraction of sp³-hybridized carbons (Fsp3) is 0.364. The van der Waals surface area contributed by atoms with Crippen LogP contribution in [-0.4, -0.2) is 26.7 Å². The summed E-state index contributed by atoms with van der Waals surface area (Å²) in [4.78, 5) is 15.8. The van der Waals surface area contributed by atoms with Gasteiger partial charge >= 0.3 is 5.97 Å². The van der Waals surface area contributed by atoms with Crippen LogP contribution in [0.3, 0.4) is 0 Å². The number of hydrogen-bond acceptors (Lipinski definition) is 3. The van der Waals surface area contributed by atoms with Crippen molar-refractivity contribution in [2.24, 2.45) is 0 Å². The highest BCUT2D eigenvalue weighted by Crippen LogP contribution is 2.33. The summed E-state index contributed by atoms with van der Waals surface area (Å²) < 4.78 is 1.85. The van der Waals surface area contributed by atoms with Gasteiger partial charge in [-0.3, -0.25) is 0 Å². The van der Waals surface area contributed by atoms with Gasteiger partial charge in [0.05, 0.1) is 12.0 Å². The number of aromatic carboxylic acids is 1. The normalized spacial score (nSPS) is 20.8. The lowest BCUT2D eigenvalue weighted by Crippen LogP contribution is -2.29. The Morgan fingerprint density at radius 2 is 2.00 bits per heavy atom. The molecule has 0 radical (unpaired) electrons. The van der Waals surface area contributed by atoms with Crippen molar-refractivity contribution in [2.45, 2.75) is 51.2 Å². The van der Waals surface area contributed by atoms with Crippen molar-refractivity contribution < 1.29 is 9.90 Å². The predicted molar refractivity (Wildman–Crippen MR) is 106 cm³/mol. The third kappa shape index (κ3) is 3.35. The number of carboxylic acids is 1. The van der Waals surface area contributed by atoms with Gasteiger partial charge in [-0.25, -0.2) is 9.78 Å². The zero-order chi connectivity index (χ0) is 19.0. The average Bonchev–Trinajstić information content (AvgIpc) is 3.27. The molecular formula is C22H25N3O2. The highest BCUT2D eigenvalue weighted by Gasteiger charge is 2.30. The summed E-state index contributed by atoms with van der Waals surface area (Å²) in [6, 6.07) is 15.7. The molecule has 4 rings (SSSR count). The molecule has 1 fully saturated rings. The van der Waals surface area contributed by atoms with E-state index in [9.17, 15) is 9.90 Å². The third-order valence-electron chi connectivity index (χ3n) is 5.75. The molecule has 3 atom stereocenters. The number of nitrogens with one attached hydrogen (secondary N) is 1. The van der Waals surface area contributed by atoms with Crippen LogP contribution in [-0.2, 0) is 0 Å². The van der Waals surface area contributed by atoms with E-state index >= 15 is 0 Å². The summed E-state index contributed by atoms with van der Waals surface area (Å²) in [6.45, 7) is 3.96. The molecular weight excluding hydrogens is 338 g/mol. The lowest BCUT2D eigenvalue weighted by molar-refractivity contribution is 0.0681. The molecule has 27 heavy (non-hydrogen) atoms. The highest BCUT2D eigenvalue weighted by molar-refractivity contribution is 5.87. The number of fused-ring (bicyclic) bond motifs is 1. The Morgan fingerprint density at radius 1 is 1.22 bits per heavy atom. The third-order valence-corrected chi connectivity index (χ3v) is 5.75. The van der Waals surface area contributed by atoms with Crippen LogP contribution >= 0.6 is 0 Å². The lowest BCUT2D eigenvalue weighted by atomic mass is 9.99. The van der Waals surface area contributed by atoms with E-state index in [0.29, 0.717) is 17.4 Å². The molecule has 0 spiro atoms. The van der Waals surface area contributed by atoms with Crippen LogP contribution in [0.5, 0.6) is 0 Å². The number of rotatable bonds is 5. The number of benzene rings is 2. The van der Waals surface area contributed by atoms with E-state index in [-0.39, 0.29) is 12.1 Å². The molecule has 0 amide bonds. The molecule has 5 heteroatoms. The first-order chi connectivity index (χ1) is 13.0. The van der Waals surface area contributed by atoms with Crippen LogP contribution in [0.1, 0.15) is 60.0 Å². The minimum atomic E-state index is -0.898. The van der Waals surface area contributed by atoms with Gasteiger partial charge in [-0.2, -0.15) is 0 Å². The standard InChI is InChI=1S/C22H25N3O2/c1-14(19-9-5-7-16-6-3-4-8-20(16)19)24-17-10-11-18(12-17)25-13-23-15(2)21(25)22(26)27/h3-9,13-14,17-18,24H,10-12H2,1-2H3,(H,26,27)/t14-,17?,18?/m1/s1. The quantitative estimate of drug-likeness (QED) is 0.701. The number of aromatic nitrogens is 2. The van der Waals surface area contributed by atoms with Crippen LogP contribution in [0.4, 0.5) is 0 Å². The van der Waals surface area contributed by atoms with Gasteiger partial charge in [-0.1, -0.05) is 42.5 Å². The number of hydrogen-bond donors (Lipinski definition) is 2. The summed E-state index contributed by atoms with van der Waals surface area (Å²) >= 11 is 0. The second-order valence-electron chi connectivity index (χ2n) is 7.51. The zero-order valence-electron chi connectivity index (χ0n) is 15.7. The molecule has 140 valence electrons. The molecule has 0 bridgehead atoms. The molecule has 0 aliphatic heterocycles. The molecule has 0 saturated heterocycles. The fourth-order valence-electron chi connectivity index (χ4n) is 4.43. The van der Waals surface area contributed by atoms with Gasteiger partial charge < -0.3 is 15.0 Å². The Bertz CT molecular complexity index is 973. The van der Waals surface area contributed by atoms with Crippen LogP contribution in [0.2, 0.25) is 0 Å². The Balaban J connectivity index is 1.49. The number of carbonyl (C=O) groups is 1. The molecule has 1 aromatic heterocycles. The average molecular weight is 363 g/mol. The maximum absolute atomic E-state index is 11.6. The second-order valence-corrected chi connectivity index (χ2v) is 7.51. The van der Waals surface area contributed by atoms with Crippen LogP contribution < -0.4 is 5.32 Å². The Labute approximate surface area is 159 Å². The highest BCUT2D eigenvalue weighted by atomic mass is 16.4. The van der Waals surface area contributed by atoms with Crippen molar-refractivity contribution in [3.8, 4) is 0 Å². The topological polar surface area (TPSA) is 67.2 Å². The number of imidazole rings is 1. The maximum atomic E-state index is 11.6. The zero-order valence-corrected chi connectivity index (χ0v) is 15.7. The Kier molecular flexibility index (Phi) is 4.70. The maximum Gasteiger partial charge on any atom is 0.354 e. The largest absolute Gasteiger partial charge is 0.477 e. The van der Waals surface area contributed by atoms with E-state index in [1.807, 2.05) is 4.57 Å². The minimum absolute atomic E-state index is 0.189. The first-order valence-electron chi connectivity index (χ1n) is 9.55. The Morgan fingerprint density at radius 3 is 2.81 bits per heavy atom. The summed E-state index contributed by atoms with van der Waals surface area (Å²) in [5.41, 5.74) is 2.21. The van der Waals surface area contributed by atoms with Crippen molar-refractivity contribution in [3.05, 3.63) is 65.7 Å². The predicted octanol–water partition coefficient (Wildman–Crippen LogP) is 4.49. The molecule has 2 N–H and O–H groups in total. The van der Waals surface area contributed by atoms with Gasteiger partial charge in [0, 0.05) is 18.1 Å². The van der Waals surface area contributed by atoms with E-state index in [1.165, 1.54) is 16.3 Å². The van der Waals surface area contributed by atoms with Gasteiger partial charge in [0.1, 0.15) is 5.69 Å². The summed E-state index contributed by atoms with van der Waals surface area (Å²) in [6.07, 6.45) is 4.61. The van der Waals surface area contributed by atoms with Gasteiger partial charge in [0.2, 0.25) is 0 Å². The molecule has 2 aromatic carbocycles. The summed E-state index contributed by atoms with van der Waals surface area (Å²) in [5.74, 6) is -0.898. The molecule has 5 nitrogen and oxygen atoms in total. The fourth-order valence-corrected chi connectivity index (χ4v) is 4.43. The number of carboxylic acid groups (broad SMARTS) is 1. The van der Waals surface area contributed by atoms with E-state index in [1.54, 1.807) is 13.3 Å². The van der Waals surface area contributed by atoms with Crippen molar-refractivity contribution in [1.29, 1.82) is 0 Å². The van der Waals surface area contributed by atoms with E-state index < -0.39 is 5.97 Å². The van der Waals surface area contributed by atoms with Crippen molar-refractivity contribution in [1.82, 2.24) is 14.9 Å². The van der Waals surface area contributed by atoms with Crippen LogP contribution in [0.25, 0.3) is 10.8 Å². The summed E-state index contributed by atoms with van der Waals surface area (Å²) in [7, 11) is 0. The van der Waals surface area contributed by atoms with Gasteiger partial charge in [0.25, 0.3) is 0 Å².